The summed E-state index contributed by atoms with van der Waals surface area (Å²) in [6.07, 6.45) is 6.30. The van der Waals surface area contributed by atoms with Crippen molar-refractivity contribution in [2.24, 2.45) is 7.05 Å². The van der Waals surface area contributed by atoms with Gasteiger partial charge in [-0.1, -0.05) is 12.5 Å². The minimum Gasteiger partial charge on any atom is -0.331 e. The van der Waals surface area contributed by atoms with Crippen LogP contribution < -0.4 is 5.32 Å². The third-order valence-electron chi connectivity index (χ3n) is 4.34. The molecule has 0 radical (unpaired) electrons. The van der Waals surface area contributed by atoms with Gasteiger partial charge in [0, 0.05) is 13.0 Å². The normalized spacial score (nSPS) is 15.9. The Morgan fingerprint density at radius 3 is 2.89 bits per heavy atom. The number of hydrogen-bond acceptors (Lipinski definition) is 2. The zero-order valence-electron chi connectivity index (χ0n) is 11.9. The quantitative estimate of drug-likeness (QED) is 0.835. The molecule has 3 nitrogen and oxygen atoms in total. The smallest absolute Gasteiger partial charge is 0.112 e. The van der Waals surface area contributed by atoms with Gasteiger partial charge in [-0.25, -0.2) is 4.98 Å². The van der Waals surface area contributed by atoms with Crippen LogP contribution in [0.15, 0.2) is 18.2 Å². The summed E-state index contributed by atoms with van der Waals surface area (Å²) in [5.41, 5.74) is 3.85. The van der Waals surface area contributed by atoms with E-state index in [4.69, 9.17) is 4.98 Å². The molecule has 1 heterocycles. The standard InChI is InChI=1S/C16H23N3/c1-17-10-4-5-12-8-9-15-14(11-12)18-16(19(15)2)13-6-3-7-13/h8-9,11,13,17H,3-7,10H2,1-2H3. The molecule has 0 amide bonds. The summed E-state index contributed by atoms with van der Waals surface area (Å²) in [6.45, 7) is 1.08. The van der Waals surface area contributed by atoms with Crippen LogP contribution in [-0.4, -0.2) is 23.1 Å². The highest BCUT2D eigenvalue weighted by molar-refractivity contribution is 5.77. The van der Waals surface area contributed by atoms with E-state index in [2.05, 4.69) is 35.1 Å². The Morgan fingerprint density at radius 1 is 1.37 bits per heavy atom. The summed E-state index contributed by atoms with van der Waals surface area (Å²) in [5, 5.41) is 3.20. The third kappa shape index (κ3) is 2.39. The van der Waals surface area contributed by atoms with E-state index in [0.717, 1.165) is 13.0 Å². The van der Waals surface area contributed by atoms with Crippen molar-refractivity contribution in [3.05, 3.63) is 29.6 Å². The molecule has 19 heavy (non-hydrogen) atoms. The van der Waals surface area contributed by atoms with Gasteiger partial charge in [0.05, 0.1) is 11.0 Å². The number of aryl methyl sites for hydroxylation is 2. The van der Waals surface area contributed by atoms with Crippen LogP contribution in [0.3, 0.4) is 0 Å². The van der Waals surface area contributed by atoms with Crippen molar-refractivity contribution < 1.29 is 0 Å². The lowest BCUT2D eigenvalue weighted by molar-refractivity contribution is 0.395. The molecule has 0 spiro atoms. The molecular formula is C16H23N3. The number of nitrogens with one attached hydrogen (secondary N) is 1. The lowest BCUT2D eigenvalue weighted by Crippen LogP contribution is -2.13. The van der Waals surface area contributed by atoms with Crippen LogP contribution in [0, 0.1) is 0 Å². The molecule has 102 valence electrons. The van der Waals surface area contributed by atoms with Crippen molar-refractivity contribution in [3.8, 4) is 0 Å². The first-order valence-corrected chi connectivity index (χ1v) is 7.39. The van der Waals surface area contributed by atoms with Crippen molar-refractivity contribution in [2.45, 2.75) is 38.0 Å². The van der Waals surface area contributed by atoms with Crippen LogP contribution in [0.5, 0.6) is 0 Å². The van der Waals surface area contributed by atoms with E-state index < -0.39 is 0 Å². The summed E-state index contributed by atoms with van der Waals surface area (Å²) in [7, 11) is 4.16. The van der Waals surface area contributed by atoms with Crippen LogP contribution in [0.4, 0.5) is 0 Å². The summed E-state index contributed by atoms with van der Waals surface area (Å²) >= 11 is 0. The van der Waals surface area contributed by atoms with Crippen LogP contribution in [0.1, 0.15) is 43.0 Å². The van der Waals surface area contributed by atoms with Crippen molar-refractivity contribution in [1.82, 2.24) is 14.9 Å². The second kappa shape index (κ2) is 5.33. The van der Waals surface area contributed by atoms with Crippen LogP contribution >= 0.6 is 0 Å². The summed E-state index contributed by atoms with van der Waals surface area (Å²) < 4.78 is 2.29. The Hall–Kier alpha value is -1.35. The summed E-state index contributed by atoms with van der Waals surface area (Å²) in [4.78, 5) is 4.87. The largest absolute Gasteiger partial charge is 0.331 e. The molecule has 0 unspecified atom stereocenters. The molecule has 0 aliphatic heterocycles. The van der Waals surface area contributed by atoms with Gasteiger partial charge in [-0.05, 0) is 57.0 Å². The fourth-order valence-corrected chi connectivity index (χ4v) is 2.92. The molecule has 1 aliphatic carbocycles. The van der Waals surface area contributed by atoms with Gasteiger partial charge in [0.25, 0.3) is 0 Å². The highest BCUT2D eigenvalue weighted by atomic mass is 15.1. The number of rotatable bonds is 5. The molecule has 1 aliphatic rings. The molecule has 3 rings (SSSR count). The van der Waals surface area contributed by atoms with Crippen molar-refractivity contribution in [3.63, 3.8) is 0 Å². The molecule has 1 aromatic heterocycles. The Labute approximate surface area is 115 Å². The Balaban J connectivity index is 1.86. The molecule has 1 aromatic carbocycles. The summed E-state index contributed by atoms with van der Waals surface area (Å²) in [5.74, 6) is 1.98. The Kier molecular flexibility index (Phi) is 3.56. The van der Waals surface area contributed by atoms with Gasteiger partial charge in [0.1, 0.15) is 5.82 Å². The number of hydrogen-bond donors (Lipinski definition) is 1. The molecule has 1 N–H and O–H groups in total. The number of fused-ring (bicyclic) bond motifs is 1. The first-order chi connectivity index (χ1) is 9.29. The maximum Gasteiger partial charge on any atom is 0.112 e. The molecule has 0 saturated heterocycles. The predicted molar refractivity (Wildman–Crippen MR) is 79.6 cm³/mol. The highest BCUT2D eigenvalue weighted by Gasteiger charge is 2.24. The Morgan fingerprint density at radius 2 is 2.21 bits per heavy atom. The van der Waals surface area contributed by atoms with Crippen LogP contribution in [0.2, 0.25) is 0 Å². The fraction of sp³-hybridized carbons (Fsp3) is 0.562. The maximum absolute atomic E-state index is 4.87. The molecule has 1 fully saturated rings. The first-order valence-electron chi connectivity index (χ1n) is 7.39. The van der Waals surface area contributed by atoms with E-state index >= 15 is 0 Å². The zero-order valence-corrected chi connectivity index (χ0v) is 11.9. The van der Waals surface area contributed by atoms with Gasteiger partial charge < -0.3 is 9.88 Å². The molecule has 3 heteroatoms. The molecular weight excluding hydrogens is 234 g/mol. The second-order valence-corrected chi connectivity index (χ2v) is 5.69. The molecule has 0 bridgehead atoms. The number of benzene rings is 1. The maximum atomic E-state index is 4.87. The van der Waals surface area contributed by atoms with E-state index in [0.29, 0.717) is 5.92 Å². The van der Waals surface area contributed by atoms with E-state index in [9.17, 15) is 0 Å². The fourth-order valence-electron chi connectivity index (χ4n) is 2.92. The average Bonchev–Trinajstić information content (AvgIpc) is 2.65. The predicted octanol–water partition coefficient (Wildman–Crippen LogP) is 2.99. The topological polar surface area (TPSA) is 29.9 Å². The highest BCUT2D eigenvalue weighted by Crippen LogP contribution is 2.36. The van der Waals surface area contributed by atoms with Gasteiger partial charge in [-0.15, -0.1) is 0 Å². The van der Waals surface area contributed by atoms with Crippen molar-refractivity contribution >= 4 is 11.0 Å². The second-order valence-electron chi connectivity index (χ2n) is 5.69. The van der Waals surface area contributed by atoms with Crippen molar-refractivity contribution in [2.75, 3.05) is 13.6 Å². The molecule has 2 aromatic rings. The molecule has 1 saturated carbocycles. The number of nitrogens with zero attached hydrogens (tertiary/aromatic N) is 2. The minimum atomic E-state index is 0.699. The monoisotopic (exact) mass is 257 g/mol. The van der Waals surface area contributed by atoms with Gasteiger partial charge in [0.2, 0.25) is 0 Å². The number of imidazole rings is 1. The van der Waals surface area contributed by atoms with Crippen LogP contribution in [0.25, 0.3) is 11.0 Å². The van der Waals surface area contributed by atoms with E-state index in [-0.39, 0.29) is 0 Å². The first kappa shape index (κ1) is 12.7. The molecule has 0 atom stereocenters. The zero-order chi connectivity index (χ0) is 13.2. The van der Waals surface area contributed by atoms with Crippen molar-refractivity contribution in [1.29, 1.82) is 0 Å². The summed E-state index contributed by atoms with van der Waals surface area (Å²) in [6, 6.07) is 6.76. The van der Waals surface area contributed by atoms with Gasteiger partial charge >= 0.3 is 0 Å². The van der Waals surface area contributed by atoms with Crippen LogP contribution in [-0.2, 0) is 13.5 Å². The Bertz CT molecular complexity index is 567. The van der Waals surface area contributed by atoms with Gasteiger partial charge in [-0.3, -0.25) is 0 Å². The van der Waals surface area contributed by atoms with E-state index in [1.165, 1.54) is 48.1 Å². The SMILES string of the molecule is CNCCCc1ccc2c(c1)nc(C1CCC1)n2C. The van der Waals surface area contributed by atoms with Gasteiger partial charge in [-0.2, -0.15) is 0 Å². The lowest BCUT2D eigenvalue weighted by Gasteiger charge is -2.24. The minimum absolute atomic E-state index is 0.699. The number of aromatic nitrogens is 2. The van der Waals surface area contributed by atoms with E-state index in [1.54, 1.807) is 0 Å². The third-order valence-corrected chi connectivity index (χ3v) is 4.34. The van der Waals surface area contributed by atoms with Gasteiger partial charge in [0.15, 0.2) is 0 Å². The average molecular weight is 257 g/mol. The van der Waals surface area contributed by atoms with E-state index in [1.807, 2.05) is 7.05 Å². The lowest BCUT2D eigenvalue weighted by atomic mass is 9.85.